The van der Waals surface area contributed by atoms with Crippen molar-refractivity contribution in [3.05, 3.63) is 11.7 Å². The Kier molecular flexibility index (Phi) is 2.89. The minimum absolute atomic E-state index is 0.0559. The van der Waals surface area contributed by atoms with E-state index in [1.165, 1.54) is 0 Å². The van der Waals surface area contributed by atoms with E-state index >= 15 is 0 Å². The summed E-state index contributed by atoms with van der Waals surface area (Å²) in [6, 6.07) is 0. The number of aromatic nitrogens is 2. The highest BCUT2D eigenvalue weighted by atomic mass is 19.4. The lowest BCUT2D eigenvalue weighted by Crippen LogP contribution is -2.28. The van der Waals surface area contributed by atoms with E-state index in [2.05, 4.69) is 29.3 Å². The van der Waals surface area contributed by atoms with E-state index in [9.17, 15) is 13.2 Å². The standard InChI is InChI=1S/C10H14F3N3O/c1-9(2)3-6(9)8-15-7(17-16-8)4-14-5-10(11,12)13/h6,14H,3-5H2,1-2H3. The van der Waals surface area contributed by atoms with Crippen molar-refractivity contribution in [2.45, 2.75) is 38.9 Å². The molecule has 1 aliphatic rings. The summed E-state index contributed by atoms with van der Waals surface area (Å²) in [5.41, 5.74) is 0.181. The first-order valence-electron chi connectivity index (χ1n) is 5.38. The Labute approximate surface area is 96.6 Å². The third-order valence-electron chi connectivity index (χ3n) is 2.91. The first kappa shape index (κ1) is 12.3. The maximum absolute atomic E-state index is 11.9. The number of hydrogen-bond acceptors (Lipinski definition) is 4. The number of halogens is 3. The Morgan fingerprint density at radius 1 is 1.47 bits per heavy atom. The maximum Gasteiger partial charge on any atom is 0.401 e. The molecule has 0 saturated heterocycles. The second-order valence-corrected chi connectivity index (χ2v) is 5.01. The van der Waals surface area contributed by atoms with Gasteiger partial charge in [-0.05, 0) is 11.8 Å². The third-order valence-corrected chi connectivity index (χ3v) is 2.91. The van der Waals surface area contributed by atoms with Crippen LogP contribution in [-0.4, -0.2) is 22.9 Å². The van der Waals surface area contributed by atoms with E-state index < -0.39 is 12.7 Å². The van der Waals surface area contributed by atoms with Crippen LogP contribution in [0.4, 0.5) is 13.2 Å². The lowest BCUT2D eigenvalue weighted by Gasteiger charge is -2.05. The van der Waals surface area contributed by atoms with E-state index in [-0.39, 0.29) is 23.8 Å². The molecule has 1 saturated carbocycles. The molecular weight excluding hydrogens is 235 g/mol. The summed E-state index contributed by atoms with van der Waals surface area (Å²) in [5.74, 6) is 1.06. The predicted octanol–water partition coefficient (Wildman–Crippen LogP) is 2.24. The van der Waals surface area contributed by atoms with Gasteiger partial charge in [-0.15, -0.1) is 0 Å². The van der Waals surface area contributed by atoms with Crippen LogP contribution in [0.3, 0.4) is 0 Å². The second-order valence-electron chi connectivity index (χ2n) is 5.01. The lowest BCUT2D eigenvalue weighted by atomic mass is 10.1. The summed E-state index contributed by atoms with van der Waals surface area (Å²) in [5, 5.41) is 6.00. The van der Waals surface area contributed by atoms with Crippen molar-refractivity contribution in [2.24, 2.45) is 5.41 Å². The van der Waals surface area contributed by atoms with Crippen molar-refractivity contribution in [1.82, 2.24) is 15.5 Å². The zero-order chi connectivity index (χ0) is 12.7. The fourth-order valence-corrected chi connectivity index (χ4v) is 1.70. The van der Waals surface area contributed by atoms with Gasteiger partial charge in [0.1, 0.15) is 0 Å². The topological polar surface area (TPSA) is 51.0 Å². The average Bonchev–Trinajstić information content (AvgIpc) is 2.60. The molecule has 1 heterocycles. The fraction of sp³-hybridized carbons (Fsp3) is 0.800. The molecular formula is C10H14F3N3O. The van der Waals surface area contributed by atoms with Crippen molar-refractivity contribution in [1.29, 1.82) is 0 Å². The molecule has 2 rings (SSSR count). The maximum atomic E-state index is 11.9. The van der Waals surface area contributed by atoms with Crippen LogP contribution in [0.25, 0.3) is 0 Å². The van der Waals surface area contributed by atoms with Gasteiger partial charge in [0.25, 0.3) is 0 Å². The monoisotopic (exact) mass is 249 g/mol. The first-order valence-corrected chi connectivity index (χ1v) is 5.38. The van der Waals surface area contributed by atoms with Gasteiger partial charge in [0.2, 0.25) is 5.89 Å². The SMILES string of the molecule is CC1(C)CC1c1noc(CNCC(F)(F)F)n1. The van der Waals surface area contributed by atoms with Gasteiger partial charge < -0.3 is 9.84 Å². The van der Waals surface area contributed by atoms with Gasteiger partial charge in [0.05, 0.1) is 13.1 Å². The summed E-state index contributed by atoms with van der Waals surface area (Å²) in [6.07, 6.45) is -3.23. The summed E-state index contributed by atoms with van der Waals surface area (Å²) in [7, 11) is 0. The third kappa shape index (κ3) is 3.18. The fourth-order valence-electron chi connectivity index (χ4n) is 1.70. The smallest absolute Gasteiger partial charge is 0.338 e. The largest absolute Gasteiger partial charge is 0.401 e. The van der Waals surface area contributed by atoms with Gasteiger partial charge in [-0.1, -0.05) is 19.0 Å². The summed E-state index contributed by atoms with van der Waals surface area (Å²) < 4.78 is 40.5. The Morgan fingerprint density at radius 2 is 2.12 bits per heavy atom. The van der Waals surface area contributed by atoms with Crippen molar-refractivity contribution in [2.75, 3.05) is 6.54 Å². The normalized spacial score (nSPS) is 22.8. The average molecular weight is 249 g/mol. The Bertz CT molecular complexity index is 400. The molecule has 1 aliphatic carbocycles. The van der Waals surface area contributed by atoms with Gasteiger partial charge >= 0.3 is 6.18 Å². The van der Waals surface area contributed by atoms with Crippen LogP contribution in [0.2, 0.25) is 0 Å². The molecule has 0 spiro atoms. The zero-order valence-electron chi connectivity index (χ0n) is 9.64. The molecule has 0 aromatic carbocycles. The van der Waals surface area contributed by atoms with Crippen LogP contribution in [-0.2, 0) is 6.54 Å². The molecule has 1 aromatic rings. The van der Waals surface area contributed by atoms with Gasteiger partial charge in [0, 0.05) is 5.92 Å². The molecule has 1 aromatic heterocycles. The molecule has 0 radical (unpaired) electrons. The van der Waals surface area contributed by atoms with Crippen molar-refractivity contribution in [3.63, 3.8) is 0 Å². The van der Waals surface area contributed by atoms with E-state index in [1.54, 1.807) is 0 Å². The van der Waals surface area contributed by atoms with Gasteiger partial charge in [0.15, 0.2) is 5.82 Å². The molecule has 1 fully saturated rings. The Balaban J connectivity index is 1.83. The minimum Gasteiger partial charge on any atom is -0.338 e. The molecule has 1 N–H and O–H groups in total. The van der Waals surface area contributed by atoms with E-state index in [0.29, 0.717) is 5.82 Å². The molecule has 7 heteroatoms. The summed E-state index contributed by atoms with van der Waals surface area (Å²) in [6.45, 7) is 3.07. The summed E-state index contributed by atoms with van der Waals surface area (Å²) in [4.78, 5) is 4.08. The minimum atomic E-state index is -4.22. The van der Waals surface area contributed by atoms with Crippen LogP contribution >= 0.6 is 0 Å². The van der Waals surface area contributed by atoms with E-state index in [0.717, 1.165) is 6.42 Å². The number of alkyl halides is 3. The van der Waals surface area contributed by atoms with Crippen LogP contribution in [0.1, 0.15) is 37.9 Å². The van der Waals surface area contributed by atoms with E-state index in [4.69, 9.17) is 4.52 Å². The van der Waals surface area contributed by atoms with Crippen LogP contribution in [0, 0.1) is 5.41 Å². The number of rotatable bonds is 4. The van der Waals surface area contributed by atoms with Crippen LogP contribution < -0.4 is 5.32 Å². The molecule has 96 valence electrons. The van der Waals surface area contributed by atoms with Crippen LogP contribution in [0.5, 0.6) is 0 Å². The van der Waals surface area contributed by atoms with Crippen molar-refractivity contribution in [3.8, 4) is 0 Å². The molecule has 4 nitrogen and oxygen atoms in total. The number of hydrogen-bond donors (Lipinski definition) is 1. The molecule has 0 aliphatic heterocycles. The van der Waals surface area contributed by atoms with Crippen LogP contribution in [0.15, 0.2) is 4.52 Å². The molecule has 1 unspecified atom stereocenters. The lowest BCUT2D eigenvalue weighted by molar-refractivity contribution is -0.125. The molecule has 1 atom stereocenters. The van der Waals surface area contributed by atoms with Crippen molar-refractivity contribution < 1.29 is 17.7 Å². The van der Waals surface area contributed by atoms with Gasteiger partial charge in [-0.2, -0.15) is 18.2 Å². The van der Waals surface area contributed by atoms with E-state index in [1.807, 2.05) is 0 Å². The Hall–Kier alpha value is -1.11. The zero-order valence-corrected chi connectivity index (χ0v) is 9.64. The highest BCUT2D eigenvalue weighted by molar-refractivity contribution is 5.14. The quantitative estimate of drug-likeness (QED) is 0.889. The first-order chi connectivity index (χ1) is 7.78. The summed E-state index contributed by atoms with van der Waals surface area (Å²) >= 11 is 0. The predicted molar refractivity (Wildman–Crippen MR) is 53.2 cm³/mol. The van der Waals surface area contributed by atoms with Crippen molar-refractivity contribution >= 4 is 0 Å². The Morgan fingerprint density at radius 3 is 2.65 bits per heavy atom. The molecule has 0 amide bonds. The van der Waals surface area contributed by atoms with Gasteiger partial charge in [-0.3, -0.25) is 0 Å². The second kappa shape index (κ2) is 3.97. The molecule has 0 bridgehead atoms. The number of nitrogens with one attached hydrogen (secondary N) is 1. The highest BCUT2D eigenvalue weighted by Gasteiger charge is 2.49. The van der Waals surface area contributed by atoms with Gasteiger partial charge in [-0.25, -0.2) is 0 Å². The number of nitrogens with zero attached hydrogens (tertiary/aromatic N) is 2. The highest BCUT2D eigenvalue weighted by Crippen LogP contribution is 2.57. The molecule has 17 heavy (non-hydrogen) atoms.